The number of thioether (sulfide) groups is 1. The summed E-state index contributed by atoms with van der Waals surface area (Å²) in [6.07, 6.45) is 4.02. The predicted octanol–water partition coefficient (Wildman–Crippen LogP) is 0.539. The summed E-state index contributed by atoms with van der Waals surface area (Å²) in [7, 11) is 0. The molecule has 2 atom stereocenters. The van der Waals surface area contributed by atoms with Gasteiger partial charge in [0.25, 0.3) is 0 Å². The first-order chi connectivity index (χ1) is 7.85. The lowest BCUT2D eigenvalue weighted by atomic mass is 10.1. The molecule has 1 aromatic heterocycles. The van der Waals surface area contributed by atoms with Gasteiger partial charge in [-0.15, -0.1) is 0 Å². The Balaban J connectivity index is 2.08. The van der Waals surface area contributed by atoms with Crippen LogP contribution in [0.1, 0.15) is 18.5 Å². The van der Waals surface area contributed by atoms with Crippen molar-refractivity contribution < 1.29 is 4.74 Å². The molecule has 6 heteroatoms. The Bertz CT molecular complexity index is 324. The Hall–Kier alpha value is -0.560. The summed E-state index contributed by atoms with van der Waals surface area (Å²) in [5, 5.41) is 4.26. The zero-order valence-electron chi connectivity index (χ0n) is 9.43. The van der Waals surface area contributed by atoms with E-state index in [0.29, 0.717) is 0 Å². The normalized spacial score (nSPS) is 23.2. The average Bonchev–Trinajstić information content (AvgIpc) is 2.80. The Morgan fingerprint density at radius 2 is 2.69 bits per heavy atom. The van der Waals surface area contributed by atoms with E-state index in [1.165, 1.54) is 0 Å². The number of nitrogens with two attached hydrogens (primary N) is 1. The number of aromatic nitrogens is 2. The summed E-state index contributed by atoms with van der Waals surface area (Å²) in [6, 6.07) is 0.0353. The molecule has 1 fully saturated rings. The van der Waals surface area contributed by atoms with Crippen LogP contribution in [0.3, 0.4) is 0 Å². The minimum atomic E-state index is 0.0353. The second-order valence-corrected chi connectivity index (χ2v) is 4.91. The molecule has 1 aliphatic rings. The summed E-state index contributed by atoms with van der Waals surface area (Å²) >= 11 is 1.91. The van der Waals surface area contributed by atoms with Gasteiger partial charge in [0.2, 0.25) is 0 Å². The van der Waals surface area contributed by atoms with Crippen molar-refractivity contribution in [3.05, 3.63) is 18.0 Å². The first-order valence-electron chi connectivity index (χ1n) is 5.53. The van der Waals surface area contributed by atoms with E-state index in [1.807, 2.05) is 28.8 Å². The summed E-state index contributed by atoms with van der Waals surface area (Å²) in [5.74, 6) is 7.66. The van der Waals surface area contributed by atoms with Crippen LogP contribution in [0.5, 0.6) is 0 Å². The Morgan fingerprint density at radius 1 is 1.81 bits per heavy atom. The minimum absolute atomic E-state index is 0.0353. The number of nitrogens with one attached hydrogen (secondary N) is 1. The molecule has 2 heterocycles. The van der Waals surface area contributed by atoms with Crippen LogP contribution in [-0.2, 0) is 11.3 Å². The molecule has 1 aromatic rings. The van der Waals surface area contributed by atoms with Gasteiger partial charge in [0.15, 0.2) is 0 Å². The Kier molecular flexibility index (Phi) is 4.22. The summed E-state index contributed by atoms with van der Waals surface area (Å²) in [4.78, 5) is 0. The molecule has 0 radical (unpaired) electrons. The highest BCUT2D eigenvalue weighted by Crippen LogP contribution is 2.24. The van der Waals surface area contributed by atoms with Gasteiger partial charge in [-0.25, -0.2) is 0 Å². The maximum absolute atomic E-state index is 5.73. The van der Waals surface area contributed by atoms with Crippen LogP contribution in [0.15, 0.2) is 12.4 Å². The van der Waals surface area contributed by atoms with E-state index in [1.54, 1.807) is 0 Å². The first-order valence-corrected chi connectivity index (χ1v) is 6.68. The summed E-state index contributed by atoms with van der Waals surface area (Å²) in [6.45, 7) is 3.74. The molecule has 1 aliphatic heterocycles. The number of ether oxygens (including phenoxy) is 1. The lowest BCUT2D eigenvalue weighted by molar-refractivity contribution is 0.0468. The number of hydrogen-bond donors (Lipinski definition) is 2. The van der Waals surface area contributed by atoms with Gasteiger partial charge in [0.1, 0.15) is 0 Å². The lowest BCUT2D eigenvalue weighted by Gasteiger charge is -2.29. The quantitative estimate of drug-likeness (QED) is 0.596. The molecule has 0 saturated carbocycles. The van der Waals surface area contributed by atoms with E-state index >= 15 is 0 Å². The molecule has 16 heavy (non-hydrogen) atoms. The van der Waals surface area contributed by atoms with E-state index in [2.05, 4.69) is 17.4 Å². The highest BCUT2D eigenvalue weighted by molar-refractivity contribution is 7.99. The van der Waals surface area contributed by atoms with Crippen LogP contribution in [0.2, 0.25) is 0 Å². The zero-order chi connectivity index (χ0) is 11.4. The van der Waals surface area contributed by atoms with Gasteiger partial charge >= 0.3 is 0 Å². The molecular weight excluding hydrogens is 224 g/mol. The van der Waals surface area contributed by atoms with Crippen molar-refractivity contribution in [2.45, 2.75) is 25.6 Å². The third-order valence-corrected chi connectivity index (χ3v) is 3.75. The van der Waals surface area contributed by atoms with E-state index in [9.17, 15) is 0 Å². The second kappa shape index (κ2) is 5.67. The fourth-order valence-electron chi connectivity index (χ4n) is 1.83. The van der Waals surface area contributed by atoms with E-state index < -0.39 is 0 Å². The molecular formula is C10H18N4OS. The first kappa shape index (κ1) is 11.9. The highest BCUT2D eigenvalue weighted by Gasteiger charge is 2.26. The molecule has 5 nitrogen and oxygen atoms in total. The van der Waals surface area contributed by atoms with Gasteiger partial charge in [-0.2, -0.15) is 16.9 Å². The van der Waals surface area contributed by atoms with Crippen molar-refractivity contribution in [1.82, 2.24) is 15.2 Å². The number of hydrazine groups is 1. The third kappa shape index (κ3) is 2.57. The molecule has 0 bridgehead atoms. The number of rotatable bonds is 4. The molecule has 3 N–H and O–H groups in total. The van der Waals surface area contributed by atoms with Crippen LogP contribution in [0.4, 0.5) is 0 Å². The molecule has 0 spiro atoms. The van der Waals surface area contributed by atoms with Crippen molar-refractivity contribution in [3.8, 4) is 0 Å². The van der Waals surface area contributed by atoms with Gasteiger partial charge in [-0.05, 0) is 6.92 Å². The Labute approximate surface area is 99.7 Å². The van der Waals surface area contributed by atoms with E-state index in [-0.39, 0.29) is 12.1 Å². The van der Waals surface area contributed by atoms with E-state index in [0.717, 1.165) is 30.2 Å². The second-order valence-electron chi connectivity index (χ2n) is 3.76. The monoisotopic (exact) mass is 242 g/mol. The van der Waals surface area contributed by atoms with Crippen LogP contribution < -0.4 is 11.3 Å². The smallest absolute Gasteiger partial charge is 0.0874 e. The zero-order valence-corrected chi connectivity index (χ0v) is 10.2. The topological polar surface area (TPSA) is 65.1 Å². The SMILES string of the molecule is CCn1cc(C(NN)C2CSCCO2)cn1. The number of nitrogens with zero attached hydrogens (tertiary/aromatic N) is 2. The maximum atomic E-state index is 5.73. The van der Waals surface area contributed by atoms with Crippen LogP contribution >= 0.6 is 11.8 Å². The maximum Gasteiger partial charge on any atom is 0.0874 e. The number of hydrogen-bond acceptors (Lipinski definition) is 5. The molecule has 90 valence electrons. The standard InChI is InChI=1S/C10H18N4OS/c1-2-14-6-8(5-12-14)10(13-11)9-7-16-4-3-15-9/h5-6,9-10,13H,2-4,7,11H2,1H3. The highest BCUT2D eigenvalue weighted by atomic mass is 32.2. The number of aryl methyl sites for hydroxylation is 1. The molecule has 2 rings (SSSR count). The van der Waals surface area contributed by atoms with Gasteiger partial charge in [0, 0.05) is 29.8 Å². The molecule has 0 aliphatic carbocycles. The molecule has 0 amide bonds. The minimum Gasteiger partial charge on any atom is -0.374 e. The van der Waals surface area contributed by atoms with Crippen molar-refractivity contribution >= 4 is 11.8 Å². The van der Waals surface area contributed by atoms with Crippen molar-refractivity contribution in [3.63, 3.8) is 0 Å². The average molecular weight is 242 g/mol. The van der Waals surface area contributed by atoms with Crippen molar-refractivity contribution in [2.75, 3.05) is 18.1 Å². The molecule has 2 unspecified atom stereocenters. The van der Waals surface area contributed by atoms with Gasteiger partial charge < -0.3 is 4.74 Å². The van der Waals surface area contributed by atoms with Crippen LogP contribution in [-0.4, -0.2) is 34.0 Å². The van der Waals surface area contributed by atoms with Gasteiger partial charge in [-0.1, -0.05) is 0 Å². The Morgan fingerprint density at radius 3 is 3.25 bits per heavy atom. The largest absolute Gasteiger partial charge is 0.374 e. The summed E-state index contributed by atoms with van der Waals surface area (Å²) in [5.41, 5.74) is 3.93. The van der Waals surface area contributed by atoms with Gasteiger partial charge in [0.05, 0.1) is 24.9 Å². The van der Waals surface area contributed by atoms with E-state index in [4.69, 9.17) is 10.6 Å². The fourth-order valence-corrected chi connectivity index (χ4v) is 2.73. The lowest BCUT2D eigenvalue weighted by Crippen LogP contribution is -2.41. The summed E-state index contributed by atoms with van der Waals surface area (Å²) < 4.78 is 7.63. The van der Waals surface area contributed by atoms with Gasteiger partial charge in [-0.3, -0.25) is 16.0 Å². The predicted molar refractivity (Wildman–Crippen MR) is 65.0 cm³/mol. The fraction of sp³-hybridized carbons (Fsp3) is 0.700. The third-order valence-electron chi connectivity index (χ3n) is 2.73. The van der Waals surface area contributed by atoms with Crippen molar-refractivity contribution in [1.29, 1.82) is 0 Å². The van der Waals surface area contributed by atoms with Crippen molar-refractivity contribution in [2.24, 2.45) is 5.84 Å². The van der Waals surface area contributed by atoms with Crippen LogP contribution in [0, 0.1) is 0 Å². The molecule has 0 aromatic carbocycles. The van der Waals surface area contributed by atoms with Crippen LogP contribution in [0.25, 0.3) is 0 Å². The molecule has 1 saturated heterocycles.